The van der Waals surface area contributed by atoms with Gasteiger partial charge in [0.2, 0.25) is 5.82 Å². The molecule has 1 heterocycles. The molecule has 0 unspecified atom stereocenters. The van der Waals surface area contributed by atoms with Crippen molar-refractivity contribution in [3.8, 4) is 0 Å². The number of hydrogen-bond acceptors (Lipinski definition) is 3. The van der Waals surface area contributed by atoms with Gasteiger partial charge in [-0.2, -0.15) is 13.2 Å². The van der Waals surface area contributed by atoms with E-state index in [1.807, 2.05) is 0 Å². The number of rotatable bonds is 3. The van der Waals surface area contributed by atoms with E-state index in [9.17, 15) is 21.6 Å². The Labute approximate surface area is 143 Å². The van der Waals surface area contributed by atoms with E-state index in [1.54, 1.807) is 18.2 Å². The fraction of sp³-hybridized carbons (Fsp3) is 0.0714. The van der Waals surface area contributed by atoms with E-state index >= 15 is 0 Å². The summed E-state index contributed by atoms with van der Waals surface area (Å²) in [5, 5.41) is 0. The normalized spacial score (nSPS) is 12.5. The summed E-state index contributed by atoms with van der Waals surface area (Å²) in [6.45, 7) is 0. The number of H-pyrrole nitrogens is 1. The van der Waals surface area contributed by atoms with E-state index in [2.05, 4.69) is 30.6 Å². The summed E-state index contributed by atoms with van der Waals surface area (Å²) in [6.07, 6.45) is -4.60. The molecule has 0 bridgehead atoms. The van der Waals surface area contributed by atoms with Gasteiger partial charge in [0.15, 0.2) is 0 Å². The second-order valence-corrected chi connectivity index (χ2v) is 7.36. The average Bonchev–Trinajstić information content (AvgIpc) is 2.90. The van der Waals surface area contributed by atoms with Gasteiger partial charge in [0.1, 0.15) is 4.90 Å². The van der Waals surface area contributed by atoms with Crippen molar-refractivity contribution >= 4 is 42.7 Å². The summed E-state index contributed by atoms with van der Waals surface area (Å²) >= 11 is 3.15. The third kappa shape index (κ3) is 3.24. The highest BCUT2D eigenvalue weighted by Crippen LogP contribution is 2.30. The van der Waals surface area contributed by atoms with E-state index in [-0.39, 0.29) is 21.6 Å². The van der Waals surface area contributed by atoms with E-state index in [0.29, 0.717) is 4.47 Å². The smallest absolute Gasteiger partial charge is 0.334 e. The maximum Gasteiger partial charge on any atom is 0.449 e. The van der Waals surface area contributed by atoms with Crippen molar-refractivity contribution in [2.24, 2.45) is 0 Å². The zero-order valence-electron chi connectivity index (χ0n) is 11.7. The molecule has 0 radical (unpaired) electrons. The number of fused-ring (bicyclic) bond motifs is 1. The molecule has 2 N–H and O–H groups in total. The Hall–Kier alpha value is -2.07. The minimum absolute atomic E-state index is 0.0192. The molecule has 10 heteroatoms. The van der Waals surface area contributed by atoms with Gasteiger partial charge in [-0.15, -0.1) is 0 Å². The molecule has 0 aliphatic carbocycles. The minimum Gasteiger partial charge on any atom is -0.334 e. The van der Waals surface area contributed by atoms with Gasteiger partial charge in [0.05, 0.1) is 16.7 Å². The monoisotopic (exact) mass is 419 g/mol. The van der Waals surface area contributed by atoms with Gasteiger partial charge in [-0.1, -0.05) is 12.1 Å². The average molecular weight is 420 g/mol. The summed E-state index contributed by atoms with van der Waals surface area (Å²) in [7, 11) is -3.89. The second kappa shape index (κ2) is 5.78. The van der Waals surface area contributed by atoms with Crippen LogP contribution in [0.4, 0.5) is 18.9 Å². The molecule has 24 heavy (non-hydrogen) atoms. The quantitative estimate of drug-likeness (QED) is 0.669. The van der Waals surface area contributed by atoms with Crippen molar-refractivity contribution in [2.45, 2.75) is 11.1 Å². The van der Waals surface area contributed by atoms with Crippen molar-refractivity contribution in [1.82, 2.24) is 9.97 Å². The van der Waals surface area contributed by atoms with Gasteiger partial charge < -0.3 is 4.98 Å². The van der Waals surface area contributed by atoms with Crippen molar-refractivity contribution < 1.29 is 21.6 Å². The SMILES string of the molecule is O=S(=O)(Nc1ccc2nc(C(F)(F)F)[nH]c2c1)c1ccccc1Br. The van der Waals surface area contributed by atoms with Gasteiger partial charge in [0, 0.05) is 4.47 Å². The van der Waals surface area contributed by atoms with Crippen molar-refractivity contribution in [3.63, 3.8) is 0 Å². The number of anilines is 1. The predicted molar refractivity (Wildman–Crippen MR) is 86.0 cm³/mol. The summed E-state index contributed by atoms with van der Waals surface area (Å²) in [4.78, 5) is 5.58. The molecular weight excluding hydrogens is 411 g/mol. The minimum atomic E-state index is -4.60. The van der Waals surface area contributed by atoms with Crippen LogP contribution in [-0.4, -0.2) is 18.4 Å². The standard InChI is InChI=1S/C14H9BrF3N3O2S/c15-9-3-1-2-4-12(9)24(22,23)21-8-5-6-10-11(7-8)20-13(19-10)14(16,17)18/h1-7,21H,(H,19,20). The number of nitrogens with zero attached hydrogens (tertiary/aromatic N) is 1. The first-order valence-electron chi connectivity index (χ1n) is 6.51. The number of halogens is 4. The summed E-state index contributed by atoms with van der Waals surface area (Å²) < 4.78 is 65.4. The van der Waals surface area contributed by atoms with Crippen LogP contribution in [0, 0.1) is 0 Å². The number of aromatic nitrogens is 2. The Morgan fingerprint density at radius 3 is 2.50 bits per heavy atom. The van der Waals surface area contributed by atoms with Crippen LogP contribution in [-0.2, 0) is 16.2 Å². The lowest BCUT2D eigenvalue weighted by Gasteiger charge is -2.09. The van der Waals surface area contributed by atoms with Gasteiger partial charge in [-0.05, 0) is 46.3 Å². The number of nitrogens with one attached hydrogen (secondary N) is 2. The molecule has 2 aromatic carbocycles. The fourth-order valence-electron chi connectivity index (χ4n) is 2.08. The zero-order valence-corrected chi connectivity index (χ0v) is 14.1. The molecule has 3 aromatic rings. The first-order chi connectivity index (χ1) is 11.2. The van der Waals surface area contributed by atoms with E-state index in [4.69, 9.17) is 0 Å². The van der Waals surface area contributed by atoms with Crippen LogP contribution in [0.15, 0.2) is 51.8 Å². The molecule has 5 nitrogen and oxygen atoms in total. The Bertz CT molecular complexity index is 1020. The topological polar surface area (TPSA) is 74.8 Å². The first-order valence-corrected chi connectivity index (χ1v) is 8.79. The van der Waals surface area contributed by atoms with Crippen LogP contribution >= 0.6 is 15.9 Å². The first kappa shape index (κ1) is 16.8. The highest BCUT2D eigenvalue weighted by Gasteiger charge is 2.34. The summed E-state index contributed by atoms with van der Waals surface area (Å²) in [5.41, 5.74) is 0.288. The van der Waals surface area contributed by atoms with Crippen LogP contribution in [0.2, 0.25) is 0 Å². The van der Waals surface area contributed by atoms with E-state index in [1.165, 1.54) is 24.3 Å². The lowest BCUT2D eigenvalue weighted by atomic mass is 10.3. The van der Waals surface area contributed by atoms with E-state index in [0.717, 1.165) is 0 Å². The number of hydrogen-bond donors (Lipinski definition) is 2. The molecule has 0 spiro atoms. The third-order valence-electron chi connectivity index (χ3n) is 3.13. The highest BCUT2D eigenvalue weighted by molar-refractivity contribution is 9.10. The van der Waals surface area contributed by atoms with Crippen molar-refractivity contribution in [2.75, 3.05) is 4.72 Å². The molecule has 3 rings (SSSR count). The number of sulfonamides is 1. The van der Waals surface area contributed by atoms with Gasteiger partial charge in [-0.25, -0.2) is 13.4 Å². The molecule has 1 aromatic heterocycles. The number of imidazole rings is 1. The third-order valence-corrected chi connectivity index (χ3v) is 5.52. The van der Waals surface area contributed by atoms with Crippen LogP contribution < -0.4 is 4.72 Å². The molecule has 0 atom stereocenters. The molecule has 0 fully saturated rings. The van der Waals surface area contributed by atoms with Crippen molar-refractivity contribution in [3.05, 3.63) is 52.8 Å². The molecule has 0 amide bonds. The van der Waals surface area contributed by atoms with Crippen LogP contribution in [0.25, 0.3) is 11.0 Å². The Morgan fingerprint density at radius 1 is 1.12 bits per heavy atom. The maximum atomic E-state index is 12.7. The Kier molecular flexibility index (Phi) is 4.04. The van der Waals surface area contributed by atoms with Crippen LogP contribution in [0.5, 0.6) is 0 Å². The fourth-order valence-corrected chi connectivity index (χ4v) is 4.13. The van der Waals surface area contributed by atoms with Gasteiger partial charge in [-0.3, -0.25) is 4.72 Å². The van der Waals surface area contributed by atoms with Crippen LogP contribution in [0.3, 0.4) is 0 Å². The lowest BCUT2D eigenvalue weighted by molar-refractivity contribution is -0.144. The highest BCUT2D eigenvalue weighted by atomic mass is 79.9. The molecule has 0 saturated heterocycles. The van der Waals surface area contributed by atoms with Crippen LogP contribution in [0.1, 0.15) is 5.82 Å². The molecule has 0 aliphatic heterocycles. The maximum absolute atomic E-state index is 12.7. The number of aromatic amines is 1. The number of alkyl halides is 3. The second-order valence-electron chi connectivity index (χ2n) is 4.85. The predicted octanol–water partition coefficient (Wildman–Crippen LogP) is 4.15. The van der Waals surface area contributed by atoms with E-state index < -0.39 is 22.0 Å². The lowest BCUT2D eigenvalue weighted by Crippen LogP contribution is -2.13. The summed E-state index contributed by atoms with van der Waals surface area (Å²) in [5.74, 6) is -1.14. The molecule has 126 valence electrons. The Morgan fingerprint density at radius 2 is 1.83 bits per heavy atom. The summed E-state index contributed by atoms with van der Waals surface area (Å²) in [6, 6.07) is 10.1. The zero-order chi connectivity index (χ0) is 17.5. The molecule has 0 saturated carbocycles. The Balaban J connectivity index is 1.97. The largest absolute Gasteiger partial charge is 0.449 e. The van der Waals surface area contributed by atoms with Gasteiger partial charge >= 0.3 is 6.18 Å². The molecule has 0 aliphatic rings. The van der Waals surface area contributed by atoms with Crippen molar-refractivity contribution in [1.29, 1.82) is 0 Å². The molecular formula is C14H9BrF3N3O2S. The van der Waals surface area contributed by atoms with Gasteiger partial charge in [0.25, 0.3) is 10.0 Å². The number of benzene rings is 2.